The molecule has 2 aromatic rings. The summed E-state index contributed by atoms with van der Waals surface area (Å²) in [5, 5.41) is 3.38. The second-order valence-corrected chi connectivity index (χ2v) is 9.99. The minimum Gasteiger partial charge on any atom is -0.378 e. The second-order valence-electron chi connectivity index (χ2n) is 9.99. The fourth-order valence-electron chi connectivity index (χ4n) is 5.78. The number of hydrogen-bond donors (Lipinski definition) is 1. The van der Waals surface area contributed by atoms with Gasteiger partial charge in [0, 0.05) is 61.6 Å². The molecule has 2 fully saturated rings. The van der Waals surface area contributed by atoms with Crippen LogP contribution in [0.5, 0.6) is 0 Å². The lowest BCUT2D eigenvalue weighted by molar-refractivity contribution is 0.0664. The van der Waals surface area contributed by atoms with Crippen LogP contribution >= 0.6 is 0 Å². The van der Waals surface area contributed by atoms with Gasteiger partial charge in [-0.05, 0) is 62.8 Å². The van der Waals surface area contributed by atoms with E-state index in [2.05, 4.69) is 34.2 Å². The third-order valence-corrected chi connectivity index (χ3v) is 8.02. The van der Waals surface area contributed by atoms with E-state index >= 15 is 0 Å². The molecule has 2 saturated heterocycles. The van der Waals surface area contributed by atoms with Gasteiger partial charge in [0.05, 0.1) is 24.4 Å². The van der Waals surface area contributed by atoms with E-state index in [1.165, 1.54) is 0 Å². The van der Waals surface area contributed by atoms with Crippen molar-refractivity contribution in [1.29, 1.82) is 0 Å². The van der Waals surface area contributed by atoms with Crippen molar-refractivity contribution in [2.75, 3.05) is 76.4 Å². The number of carbonyl (C=O) groups is 2. The molecular formula is C28H36N4O3. The monoisotopic (exact) mass is 476 g/mol. The number of Topliss-reactive ketones (excluding diaryl/α,β-unsaturated/α-hetero) is 1. The molecule has 7 nitrogen and oxygen atoms in total. The molecule has 0 radical (unpaired) electrons. The summed E-state index contributed by atoms with van der Waals surface area (Å²) < 4.78 is 5.51. The number of nitrogens with zero attached hydrogens (tertiary/aromatic N) is 3. The summed E-state index contributed by atoms with van der Waals surface area (Å²) in [6.07, 6.45) is 1.16. The van der Waals surface area contributed by atoms with E-state index in [1.807, 2.05) is 43.3 Å². The Hall–Kier alpha value is -2.74. The lowest BCUT2D eigenvalue weighted by Crippen LogP contribution is -2.53. The van der Waals surface area contributed by atoms with Gasteiger partial charge < -0.3 is 19.9 Å². The van der Waals surface area contributed by atoms with Gasteiger partial charge in [-0.25, -0.2) is 0 Å². The highest BCUT2D eigenvalue weighted by Gasteiger charge is 2.43. The lowest BCUT2D eigenvalue weighted by atomic mass is 9.74. The van der Waals surface area contributed by atoms with Crippen molar-refractivity contribution < 1.29 is 14.3 Å². The predicted octanol–water partition coefficient (Wildman–Crippen LogP) is 2.61. The molecular weight excluding hydrogens is 440 g/mol. The van der Waals surface area contributed by atoms with Crippen LogP contribution in [0, 0.1) is 0 Å². The average Bonchev–Trinajstić information content (AvgIpc) is 2.91. The fraction of sp³-hybridized carbons (Fsp3) is 0.500. The molecule has 0 spiro atoms. The van der Waals surface area contributed by atoms with Crippen molar-refractivity contribution in [2.24, 2.45) is 0 Å². The number of piperazine rings is 1. The molecule has 4 aliphatic rings. The maximum Gasteiger partial charge on any atom is 0.197 e. The number of morpholine rings is 1. The van der Waals surface area contributed by atoms with Gasteiger partial charge in [0.2, 0.25) is 0 Å². The van der Waals surface area contributed by atoms with Crippen molar-refractivity contribution in [3.63, 3.8) is 0 Å². The lowest BCUT2D eigenvalue weighted by Gasteiger charge is -2.41. The summed E-state index contributed by atoms with van der Waals surface area (Å²) in [6, 6.07) is 12.1. The van der Waals surface area contributed by atoms with Gasteiger partial charge in [0.25, 0.3) is 0 Å². The first kappa shape index (κ1) is 24.0. The molecule has 2 heterocycles. The minimum atomic E-state index is -0.729. The molecule has 2 aromatic carbocycles. The van der Waals surface area contributed by atoms with Crippen LogP contribution in [0.3, 0.4) is 0 Å². The highest BCUT2D eigenvalue weighted by molar-refractivity contribution is 6.26. The minimum absolute atomic E-state index is 0.104. The van der Waals surface area contributed by atoms with Gasteiger partial charge in [0.1, 0.15) is 0 Å². The van der Waals surface area contributed by atoms with E-state index in [1.54, 1.807) is 0 Å². The number of carbonyl (C=O) groups excluding carboxylic acids is 2. The van der Waals surface area contributed by atoms with E-state index in [9.17, 15) is 9.59 Å². The smallest absolute Gasteiger partial charge is 0.197 e. The Morgan fingerprint density at radius 1 is 1.00 bits per heavy atom. The van der Waals surface area contributed by atoms with E-state index in [0.29, 0.717) is 26.1 Å². The maximum atomic E-state index is 14.0. The number of ether oxygens (including phenoxy) is 1. The highest BCUT2D eigenvalue weighted by atomic mass is 16.5. The Morgan fingerprint density at radius 2 is 1.69 bits per heavy atom. The largest absolute Gasteiger partial charge is 0.378 e. The summed E-state index contributed by atoms with van der Waals surface area (Å²) >= 11 is 0. The number of nitrogens with one attached hydrogen (secondary N) is 1. The number of likely N-dealkylation sites (N-methyl/N-ethyl adjacent to an activating group) is 1. The third-order valence-electron chi connectivity index (χ3n) is 8.02. The van der Waals surface area contributed by atoms with Crippen LogP contribution < -0.4 is 15.1 Å². The SMILES string of the molecule is CCC(Cc1ccc2c(N3CCOCC3)c1C2=O)(C(=O)c1ccc(N2CCNCC2)cc1)N(C)C. The third kappa shape index (κ3) is 4.15. The molecule has 0 amide bonds. The van der Waals surface area contributed by atoms with Gasteiger partial charge in [-0.2, -0.15) is 0 Å². The summed E-state index contributed by atoms with van der Waals surface area (Å²) in [4.78, 5) is 33.6. The number of fused-ring (bicyclic) bond motifs is 2. The average molecular weight is 477 g/mol. The van der Waals surface area contributed by atoms with Crippen LogP contribution in [-0.4, -0.2) is 88.6 Å². The van der Waals surface area contributed by atoms with Gasteiger partial charge in [-0.15, -0.1) is 0 Å². The number of ketones is 2. The van der Waals surface area contributed by atoms with E-state index in [-0.39, 0.29) is 11.6 Å². The molecule has 7 heteroatoms. The van der Waals surface area contributed by atoms with Crippen LogP contribution in [0.4, 0.5) is 11.4 Å². The maximum absolute atomic E-state index is 14.0. The second kappa shape index (κ2) is 9.72. The Morgan fingerprint density at radius 3 is 2.29 bits per heavy atom. The molecule has 1 unspecified atom stereocenters. The molecule has 1 atom stereocenters. The summed E-state index contributed by atoms with van der Waals surface area (Å²) in [7, 11) is 3.95. The zero-order valence-electron chi connectivity index (χ0n) is 21.1. The van der Waals surface area contributed by atoms with Crippen molar-refractivity contribution in [3.8, 4) is 0 Å². The molecule has 6 rings (SSSR count). The molecule has 2 bridgehead atoms. The first-order chi connectivity index (χ1) is 17.0. The van der Waals surface area contributed by atoms with Crippen LogP contribution in [0.15, 0.2) is 36.4 Å². The Labute approximate surface area is 208 Å². The van der Waals surface area contributed by atoms with Gasteiger partial charge >= 0.3 is 0 Å². The van der Waals surface area contributed by atoms with Crippen LogP contribution in [0.25, 0.3) is 0 Å². The van der Waals surface area contributed by atoms with Crippen molar-refractivity contribution in [3.05, 3.63) is 58.7 Å². The van der Waals surface area contributed by atoms with E-state index in [0.717, 1.165) is 72.9 Å². The molecule has 186 valence electrons. The zero-order valence-corrected chi connectivity index (χ0v) is 21.1. The van der Waals surface area contributed by atoms with Crippen LogP contribution in [0.2, 0.25) is 0 Å². The fourth-order valence-corrected chi connectivity index (χ4v) is 5.78. The molecule has 0 saturated carbocycles. The van der Waals surface area contributed by atoms with Crippen LogP contribution in [0.1, 0.15) is 45.2 Å². The van der Waals surface area contributed by atoms with Crippen LogP contribution in [-0.2, 0) is 11.2 Å². The van der Waals surface area contributed by atoms with Gasteiger partial charge in [-0.1, -0.05) is 13.0 Å². The Bertz CT molecular complexity index is 1100. The van der Waals surface area contributed by atoms with Crippen molar-refractivity contribution in [2.45, 2.75) is 25.3 Å². The van der Waals surface area contributed by atoms with Crippen molar-refractivity contribution in [1.82, 2.24) is 10.2 Å². The molecule has 2 aliphatic carbocycles. The molecule has 0 aromatic heterocycles. The Kier molecular flexibility index (Phi) is 6.66. The Balaban J connectivity index is 1.44. The normalized spacial score (nSPS) is 19.5. The first-order valence-corrected chi connectivity index (χ1v) is 12.8. The number of rotatable bonds is 8. The molecule has 1 N–H and O–H groups in total. The zero-order chi connectivity index (χ0) is 24.6. The topological polar surface area (TPSA) is 65.1 Å². The summed E-state index contributed by atoms with van der Waals surface area (Å²) in [5.74, 6) is 0.216. The highest BCUT2D eigenvalue weighted by Crippen LogP contribution is 2.43. The molecule has 2 aliphatic heterocycles. The van der Waals surface area contributed by atoms with Gasteiger partial charge in [0.15, 0.2) is 11.6 Å². The van der Waals surface area contributed by atoms with E-state index < -0.39 is 5.54 Å². The number of benzene rings is 2. The molecule has 35 heavy (non-hydrogen) atoms. The summed E-state index contributed by atoms with van der Waals surface area (Å²) in [6.45, 7) is 8.91. The van der Waals surface area contributed by atoms with E-state index in [4.69, 9.17) is 4.74 Å². The predicted molar refractivity (Wildman–Crippen MR) is 139 cm³/mol. The first-order valence-electron chi connectivity index (χ1n) is 12.8. The standard InChI is InChI=1S/C28H36N4O3/c1-4-28(30(2)3,27(34)20-5-8-22(9-6-20)31-13-11-29-12-14-31)19-21-7-10-23-25(24(21)26(23)33)32-15-17-35-18-16-32/h5-10,29H,4,11-19H2,1-3H3. The van der Waals surface area contributed by atoms with Gasteiger partial charge in [-0.3, -0.25) is 14.5 Å². The quantitative estimate of drug-likeness (QED) is 0.502. The number of hydrogen-bond acceptors (Lipinski definition) is 7. The number of anilines is 2. The van der Waals surface area contributed by atoms with Crippen molar-refractivity contribution >= 4 is 22.9 Å². The summed E-state index contributed by atoms with van der Waals surface area (Å²) in [5.41, 5.74) is 4.75.